The summed E-state index contributed by atoms with van der Waals surface area (Å²) in [6, 6.07) is 16.3. The molecule has 2 heterocycles. The molecule has 32 heavy (non-hydrogen) atoms. The monoisotopic (exact) mass is 468 g/mol. The number of anilines is 2. The lowest BCUT2D eigenvalue weighted by Gasteiger charge is -2.32. The summed E-state index contributed by atoms with van der Waals surface area (Å²) >= 11 is 7.58. The summed E-state index contributed by atoms with van der Waals surface area (Å²) in [5, 5.41) is 7.94. The Morgan fingerprint density at radius 2 is 1.78 bits per heavy atom. The van der Waals surface area contributed by atoms with Gasteiger partial charge in [0.15, 0.2) is 0 Å². The van der Waals surface area contributed by atoms with Crippen LogP contribution in [0.1, 0.15) is 25.6 Å². The molecule has 0 atom stereocenters. The Kier molecular flexibility index (Phi) is 7.22. The molecule has 1 fully saturated rings. The van der Waals surface area contributed by atoms with Crippen LogP contribution < -0.4 is 10.6 Å². The number of amides is 2. The van der Waals surface area contributed by atoms with E-state index in [2.05, 4.69) is 33.5 Å². The first-order chi connectivity index (χ1) is 15.5. The molecule has 0 spiro atoms. The number of hydrogen-bond donors (Lipinski definition) is 2. The molecule has 6 nitrogen and oxygen atoms in total. The minimum Gasteiger partial charge on any atom is -0.322 e. The van der Waals surface area contributed by atoms with Crippen molar-refractivity contribution in [2.75, 3.05) is 43.9 Å². The lowest BCUT2D eigenvalue weighted by atomic mass is 10.1. The summed E-state index contributed by atoms with van der Waals surface area (Å²) in [7, 11) is 2.14. The van der Waals surface area contributed by atoms with E-state index in [1.165, 1.54) is 11.3 Å². The number of carbonyl (C=O) groups is 2. The lowest BCUT2D eigenvalue weighted by molar-refractivity contribution is 0.101. The first kappa shape index (κ1) is 22.5. The van der Waals surface area contributed by atoms with Crippen molar-refractivity contribution in [2.24, 2.45) is 0 Å². The second-order valence-electron chi connectivity index (χ2n) is 7.86. The third-order valence-electron chi connectivity index (χ3n) is 5.41. The van der Waals surface area contributed by atoms with Crippen molar-refractivity contribution in [3.8, 4) is 0 Å². The summed E-state index contributed by atoms with van der Waals surface area (Å²) in [5.41, 5.74) is 2.72. The molecule has 8 heteroatoms. The molecule has 4 rings (SSSR count). The minimum atomic E-state index is -0.259. The molecule has 166 valence electrons. The summed E-state index contributed by atoms with van der Waals surface area (Å²) in [4.78, 5) is 30.5. The third-order valence-corrected chi connectivity index (χ3v) is 6.61. The fraction of sp³-hybridized carbons (Fsp3) is 0.250. The Labute approximate surface area is 196 Å². The van der Waals surface area contributed by atoms with Crippen molar-refractivity contribution in [3.05, 3.63) is 81.0 Å². The van der Waals surface area contributed by atoms with E-state index in [-0.39, 0.29) is 11.8 Å². The van der Waals surface area contributed by atoms with Gasteiger partial charge in [-0.15, -0.1) is 11.3 Å². The Bertz CT molecular complexity index is 1100. The van der Waals surface area contributed by atoms with E-state index in [4.69, 9.17) is 11.6 Å². The van der Waals surface area contributed by atoms with Crippen LogP contribution >= 0.6 is 22.9 Å². The SMILES string of the molecule is CN1CCN(Cc2cccc(NC(=O)c3ccc(Cl)c(NC(=O)c4cccs4)c3)c2)CC1. The quantitative estimate of drug-likeness (QED) is 0.552. The van der Waals surface area contributed by atoms with Crippen LogP contribution in [0.25, 0.3) is 0 Å². The largest absolute Gasteiger partial charge is 0.322 e. The van der Waals surface area contributed by atoms with Crippen LogP contribution in [-0.4, -0.2) is 54.8 Å². The second kappa shape index (κ2) is 10.3. The molecule has 3 aromatic rings. The standard InChI is InChI=1S/C24H25ClN4O2S/c1-28-9-11-29(12-10-28)16-17-4-2-5-19(14-17)26-23(30)18-7-8-20(25)21(15-18)27-24(31)22-6-3-13-32-22/h2-8,13-15H,9-12,16H2,1H3,(H,26,30)(H,27,31). The maximum atomic E-state index is 12.8. The maximum Gasteiger partial charge on any atom is 0.265 e. The summed E-state index contributed by atoms with van der Waals surface area (Å²) in [5.74, 6) is -0.513. The number of halogens is 1. The first-order valence-electron chi connectivity index (χ1n) is 10.4. The highest BCUT2D eigenvalue weighted by molar-refractivity contribution is 7.12. The third kappa shape index (κ3) is 5.75. The highest BCUT2D eigenvalue weighted by Crippen LogP contribution is 2.25. The first-order valence-corrected chi connectivity index (χ1v) is 11.7. The zero-order valence-corrected chi connectivity index (χ0v) is 19.4. The molecule has 1 aliphatic heterocycles. The number of likely N-dealkylation sites (N-methyl/N-ethyl adjacent to an activating group) is 1. The van der Waals surface area contributed by atoms with Crippen LogP contribution in [0.5, 0.6) is 0 Å². The maximum absolute atomic E-state index is 12.8. The Balaban J connectivity index is 1.42. The highest BCUT2D eigenvalue weighted by atomic mass is 35.5. The van der Waals surface area contributed by atoms with Crippen molar-refractivity contribution >= 4 is 46.1 Å². The van der Waals surface area contributed by atoms with Crippen LogP contribution in [-0.2, 0) is 6.54 Å². The Morgan fingerprint density at radius 1 is 0.969 bits per heavy atom. The normalized spacial score (nSPS) is 14.8. The van der Waals surface area contributed by atoms with Crippen molar-refractivity contribution in [1.29, 1.82) is 0 Å². The van der Waals surface area contributed by atoms with Gasteiger partial charge in [0.05, 0.1) is 15.6 Å². The molecule has 0 radical (unpaired) electrons. The molecular weight excluding hydrogens is 444 g/mol. The van der Waals surface area contributed by atoms with Gasteiger partial charge in [-0.2, -0.15) is 0 Å². The Morgan fingerprint density at radius 3 is 2.53 bits per heavy atom. The van der Waals surface area contributed by atoms with Gasteiger partial charge in [0, 0.05) is 44.0 Å². The molecule has 2 N–H and O–H groups in total. The molecule has 1 saturated heterocycles. The zero-order chi connectivity index (χ0) is 22.5. The van der Waals surface area contributed by atoms with Gasteiger partial charge in [-0.3, -0.25) is 14.5 Å². The molecule has 0 unspecified atom stereocenters. The predicted octanol–water partition coefficient (Wildman–Crippen LogP) is 4.65. The van der Waals surface area contributed by atoms with E-state index in [1.807, 2.05) is 29.6 Å². The number of carbonyl (C=O) groups excluding carboxylic acids is 2. The summed E-state index contributed by atoms with van der Waals surface area (Å²) < 4.78 is 0. The van der Waals surface area contributed by atoms with Crippen LogP contribution in [0.3, 0.4) is 0 Å². The van der Waals surface area contributed by atoms with Crippen molar-refractivity contribution in [3.63, 3.8) is 0 Å². The van der Waals surface area contributed by atoms with Crippen LogP contribution in [0.2, 0.25) is 5.02 Å². The molecule has 1 aliphatic rings. The molecule has 0 saturated carbocycles. The van der Waals surface area contributed by atoms with E-state index in [0.29, 0.717) is 21.2 Å². The van der Waals surface area contributed by atoms with E-state index >= 15 is 0 Å². The fourth-order valence-corrected chi connectivity index (χ4v) is 4.35. The molecule has 0 aliphatic carbocycles. The number of piperazine rings is 1. The van der Waals surface area contributed by atoms with Crippen LogP contribution in [0.15, 0.2) is 60.0 Å². The van der Waals surface area contributed by atoms with E-state index in [1.54, 1.807) is 24.3 Å². The van der Waals surface area contributed by atoms with Gasteiger partial charge in [0.2, 0.25) is 0 Å². The number of nitrogens with one attached hydrogen (secondary N) is 2. The molecule has 2 aromatic carbocycles. The van der Waals surface area contributed by atoms with E-state index < -0.39 is 0 Å². The summed E-state index contributed by atoms with van der Waals surface area (Å²) in [6.07, 6.45) is 0. The predicted molar refractivity (Wildman–Crippen MR) is 131 cm³/mol. The van der Waals surface area contributed by atoms with Gasteiger partial charge in [-0.1, -0.05) is 29.8 Å². The average molecular weight is 469 g/mol. The summed E-state index contributed by atoms with van der Waals surface area (Å²) in [6.45, 7) is 5.07. The van der Waals surface area contributed by atoms with Gasteiger partial charge in [-0.05, 0) is 54.4 Å². The van der Waals surface area contributed by atoms with Gasteiger partial charge in [-0.25, -0.2) is 0 Å². The van der Waals surface area contributed by atoms with E-state index in [9.17, 15) is 9.59 Å². The number of rotatable bonds is 6. The molecular formula is C24H25ClN4O2S. The second-order valence-corrected chi connectivity index (χ2v) is 9.21. The molecule has 1 aromatic heterocycles. The smallest absolute Gasteiger partial charge is 0.265 e. The Hall–Kier alpha value is -2.71. The van der Waals surface area contributed by atoms with E-state index in [0.717, 1.165) is 44.0 Å². The van der Waals surface area contributed by atoms with Crippen molar-refractivity contribution in [2.45, 2.75) is 6.54 Å². The number of thiophene rings is 1. The minimum absolute atomic E-state index is 0.254. The van der Waals surface area contributed by atoms with Crippen LogP contribution in [0, 0.1) is 0 Å². The fourth-order valence-electron chi connectivity index (χ4n) is 3.57. The van der Waals surface area contributed by atoms with Gasteiger partial charge >= 0.3 is 0 Å². The zero-order valence-electron chi connectivity index (χ0n) is 17.8. The van der Waals surface area contributed by atoms with Crippen molar-refractivity contribution in [1.82, 2.24) is 9.80 Å². The highest BCUT2D eigenvalue weighted by Gasteiger charge is 2.15. The average Bonchev–Trinajstić information content (AvgIpc) is 3.32. The number of nitrogens with zero attached hydrogens (tertiary/aromatic N) is 2. The van der Waals surface area contributed by atoms with Gasteiger partial charge in [0.25, 0.3) is 11.8 Å². The number of benzene rings is 2. The molecule has 2 amide bonds. The topological polar surface area (TPSA) is 64.7 Å². The van der Waals surface area contributed by atoms with Crippen molar-refractivity contribution < 1.29 is 9.59 Å². The van der Waals surface area contributed by atoms with Gasteiger partial charge < -0.3 is 15.5 Å². The molecule has 0 bridgehead atoms. The van der Waals surface area contributed by atoms with Gasteiger partial charge in [0.1, 0.15) is 0 Å². The van der Waals surface area contributed by atoms with Crippen LogP contribution in [0.4, 0.5) is 11.4 Å². The lowest BCUT2D eigenvalue weighted by Crippen LogP contribution is -2.43. The number of hydrogen-bond acceptors (Lipinski definition) is 5.